The zero-order chi connectivity index (χ0) is 10.7. The van der Waals surface area contributed by atoms with Gasteiger partial charge in [0.15, 0.2) is 0 Å². The van der Waals surface area contributed by atoms with Gasteiger partial charge < -0.3 is 10.1 Å². The summed E-state index contributed by atoms with van der Waals surface area (Å²) in [5.74, 6) is -0.700. The van der Waals surface area contributed by atoms with Crippen molar-refractivity contribution in [3.63, 3.8) is 0 Å². The second kappa shape index (κ2) is 4.32. The molecule has 5 heteroatoms. The van der Waals surface area contributed by atoms with Gasteiger partial charge in [-0.2, -0.15) is 0 Å². The third-order valence-electron chi connectivity index (χ3n) is 1.74. The van der Waals surface area contributed by atoms with E-state index in [1.807, 2.05) is 0 Å². The summed E-state index contributed by atoms with van der Waals surface area (Å²) >= 11 is 3.90. The lowest BCUT2D eigenvalue weighted by Gasteiger charge is -2.07. The van der Waals surface area contributed by atoms with Crippen LogP contribution in [0.25, 0.3) is 0 Å². The molecule has 14 heavy (non-hydrogen) atoms. The molecule has 0 aromatic heterocycles. The first-order valence-corrected chi connectivity index (χ1v) is 4.33. The minimum absolute atomic E-state index is 0.0974. The van der Waals surface area contributed by atoms with Crippen molar-refractivity contribution in [3.8, 4) is 5.75 Å². The van der Waals surface area contributed by atoms with Gasteiger partial charge >= 0.3 is 0 Å². The highest BCUT2D eigenvalue weighted by Gasteiger charge is 2.12. The van der Waals surface area contributed by atoms with E-state index in [1.54, 1.807) is 0 Å². The normalized spacial score (nSPS) is 9.71. The number of halogens is 1. The van der Waals surface area contributed by atoms with E-state index in [0.29, 0.717) is 0 Å². The van der Waals surface area contributed by atoms with Crippen LogP contribution in [0, 0.1) is 5.82 Å². The Kier molecular flexibility index (Phi) is 3.35. The SMILES string of the molecule is CNC(=O)c1cc(F)c(S)c(OC)c1. The lowest BCUT2D eigenvalue weighted by atomic mass is 10.2. The Labute approximate surface area is 86.7 Å². The van der Waals surface area contributed by atoms with Crippen molar-refractivity contribution in [2.45, 2.75) is 4.90 Å². The summed E-state index contributed by atoms with van der Waals surface area (Å²) in [5, 5.41) is 2.39. The minimum atomic E-state index is -0.578. The first-order chi connectivity index (χ1) is 6.60. The highest BCUT2D eigenvalue weighted by atomic mass is 32.1. The van der Waals surface area contributed by atoms with Crippen LogP contribution in [0.2, 0.25) is 0 Å². The number of carbonyl (C=O) groups is 1. The van der Waals surface area contributed by atoms with Crippen molar-refractivity contribution in [2.24, 2.45) is 0 Å². The van der Waals surface area contributed by atoms with Gasteiger partial charge in [-0.15, -0.1) is 12.6 Å². The molecule has 0 heterocycles. The molecule has 1 aromatic carbocycles. The molecule has 0 aliphatic rings. The summed E-state index contributed by atoms with van der Waals surface area (Å²) in [6.07, 6.45) is 0. The fraction of sp³-hybridized carbons (Fsp3) is 0.222. The Hall–Kier alpha value is -1.23. The Morgan fingerprint density at radius 2 is 2.21 bits per heavy atom. The quantitative estimate of drug-likeness (QED) is 0.733. The van der Waals surface area contributed by atoms with E-state index in [-0.39, 0.29) is 22.1 Å². The van der Waals surface area contributed by atoms with E-state index in [1.165, 1.54) is 20.2 Å². The molecule has 0 aliphatic heterocycles. The number of thiol groups is 1. The lowest BCUT2D eigenvalue weighted by Crippen LogP contribution is -2.18. The Bertz CT molecular complexity index is 368. The fourth-order valence-corrected chi connectivity index (χ4v) is 1.23. The predicted molar refractivity (Wildman–Crippen MR) is 53.6 cm³/mol. The van der Waals surface area contributed by atoms with Crippen molar-refractivity contribution >= 4 is 18.5 Å². The molecule has 0 aliphatic carbocycles. The van der Waals surface area contributed by atoms with Crippen LogP contribution in [0.3, 0.4) is 0 Å². The molecule has 76 valence electrons. The van der Waals surface area contributed by atoms with Gasteiger partial charge in [0.2, 0.25) is 0 Å². The van der Waals surface area contributed by atoms with Crippen LogP contribution in [-0.2, 0) is 0 Å². The van der Waals surface area contributed by atoms with Gasteiger partial charge in [0.25, 0.3) is 5.91 Å². The molecule has 0 atom stereocenters. The van der Waals surface area contributed by atoms with Crippen LogP contribution in [0.1, 0.15) is 10.4 Å². The van der Waals surface area contributed by atoms with Gasteiger partial charge in [-0.3, -0.25) is 4.79 Å². The maximum Gasteiger partial charge on any atom is 0.251 e. The Morgan fingerprint density at radius 1 is 1.57 bits per heavy atom. The number of methoxy groups -OCH3 is 1. The third-order valence-corrected chi connectivity index (χ3v) is 2.17. The van der Waals surface area contributed by atoms with Crippen LogP contribution in [0.5, 0.6) is 5.75 Å². The van der Waals surface area contributed by atoms with Gasteiger partial charge in [-0.05, 0) is 12.1 Å². The number of amides is 1. The lowest BCUT2D eigenvalue weighted by molar-refractivity contribution is 0.0962. The second-order valence-electron chi connectivity index (χ2n) is 2.59. The van der Waals surface area contributed by atoms with E-state index >= 15 is 0 Å². The monoisotopic (exact) mass is 215 g/mol. The van der Waals surface area contributed by atoms with Crippen molar-refractivity contribution < 1.29 is 13.9 Å². The highest BCUT2D eigenvalue weighted by Crippen LogP contribution is 2.26. The van der Waals surface area contributed by atoms with Crippen molar-refractivity contribution in [1.82, 2.24) is 5.32 Å². The van der Waals surface area contributed by atoms with E-state index in [2.05, 4.69) is 17.9 Å². The van der Waals surface area contributed by atoms with Crippen molar-refractivity contribution in [3.05, 3.63) is 23.5 Å². The van der Waals surface area contributed by atoms with Gasteiger partial charge in [0.1, 0.15) is 11.6 Å². The third kappa shape index (κ3) is 1.98. The predicted octanol–water partition coefficient (Wildman–Crippen LogP) is 1.48. The molecule has 0 radical (unpaired) electrons. The van der Waals surface area contributed by atoms with Crippen LogP contribution in [0.4, 0.5) is 4.39 Å². The zero-order valence-electron chi connectivity index (χ0n) is 7.80. The summed E-state index contributed by atoms with van der Waals surface area (Å²) in [4.78, 5) is 11.3. The Balaban J connectivity index is 3.22. The maximum absolute atomic E-state index is 13.2. The largest absolute Gasteiger partial charge is 0.495 e. The van der Waals surface area contributed by atoms with Crippen LogP contribution >= 0.6 is 12.6 Å². The number of nitrogens with one attached hydrogen (secondary N) is 1. The summed E-state index contributed by atoms with van der Waals surface area (Å²) in [5.41, 5.74) is 0.208. The summed E-state index contributed by atoms with van der Waals surface area (Å²) in [7, 11) is 2.86. The fourth-order valence-electron chi connectivity index (χ4n) is 1.00. The average molecular weight is 215 g/mol. The molecule has 0 unspecified atom stereocenters. The Morgan fingerprint density at radius 3 is 2.71 bits per heavy atom. The number of ether oxygens (including phenoxy) is 1. The molecule has 3 nitrogen and oxygen atoms in total. The van der Waals surface area contributed by atoms with Gasteiger partial charge in [-0.1, -0.05) is 0 Å². The molecule has 0 bridgehead atoms. The standard InChI is InChI=1S/C9H10FNO2S/c1-11-9(12)5-3-6(10)8(14)7(4-5)13-2/h3-4,14H,1-2H3,(H,11,12). The minimum Gasteiger partial charge on any atom is -0.495 e. The van der Waals surface area contributed by atoms with Gasteiger partial charge in [-0.25, -0.2) is 4.39 Å². The zero-order valence-corrected chi connectivity index (χ0v) is 8.69. The summed E-state index contributed by atoms with van der Waals surface area (Å²) in [6, 6.07) is 2.55. The van der Waals surface area contributed by atoms with E-state index in [9.17, 15) is 9.18 Å². The first kappa shape index (κ1) is 10.8. The van der Waals surface area contributed by atoms with Crippen LogP contribution < -0.4 is 10.1 Å². The van der Waals surface area contributed by atoms with E-state index in [4.69, 9.17) is 4.74 Å². The van der Waals surface area contributed by atoms with Crippen LogP contribution in [-0.4, -0.2) is 20.1 Å². The van der Waals surface area contributed by atoms with Crippen molar-refractivity contribution in [1.29, 1.82) is 0 Å². The maximum atomic E-state index is 13.2. The second-order valence-corrected chi connectivity index (χ2v) is 3.04. The topological polar surface area (TPSA) is 38.3 Å². The van der Waals surface area contributed by atoms with E-state index in [0.717, 1.165) is 6.07 Å². The number of carbonyl (C=O) groups excluding carboxylic acids is 1. The summed E-state index contributed by atoms with van der Waals surface area (Å²) in [6.45, 7) is 0. The highest BCUT2D eigenvalue weighted by molar-refractivity contribution is 7.80. The smallest absolute Gasteiger partial charge is 0.251 e. The molecule has 1 rings (SSSR count). The van der Waals surface area contributed by atoms with Crippen molar-refractivity contribution in [2.75, 3.05) is 14.2 Å². The number of rotatable bonds is 2. The number of benzene rings is 1. The number of hydrogen-bond donors (Lipinski definition) is 2. The number of hydrogen-bond acceptors (Lipinski definition) is 3. The van der Waals surface area contributed by atoms with Gasteiger partial charge in [0, 0.05) is 12.6 Å². The molecule has 0 saturated heterocycles. The molecule has 0 spiro atoms. The van der Waals surface area contributed by atoms with Crippen LogP contribution in [0.15, 0.2) is 17.0 Å². The first-order valence-electron chi connectivity index (χ1n) is 3.88. The molecule has 1 amide bonds. The molecular weight excluding hydrogens is 205 g/mol. The molecule has 1 N–H and O–H groups in total. The van der Waals surface area contributed by atoms with Gasteiger partial charge in [0.05, 0.1) is 12.0 Å². The molecular formula is C9H10FNO2S. The molecule has 0 saturated carbocycles. The average Bonchev–Trinajstić information content (AvgIpc) is 2.20. The summed E-state index contributed by atoms with van der Waals surface area (Å²) < 4.78 is 18.1. The van der Waals surface area contributed by atoms with E-state index < -0.39 is 5.82 Å². The molecule has 0 fully saturated rings. The molecule has 1 aromatic rings.